The average molecular weight is 441 g/mol. The predicted octanol–water partition coefficient (Wildman–Crippen LogP) is 5.53. The first kappa shape index (κ1) is 20.6. The highest BCUT2D eigenvalue weighted by atomic mass is 35.5. The molecule has 0 unspecified atom stereocenters. The zero-order valence-electron chi connectivity index (χ0n) is 16.4. The highest BCUT2D eigenvalue weighted by Gasteiger charge is 2.22. The third kappa shape index (κ3) is 4.89. The zero-order valence-corrected chi connectivity index (χ0v) is 17.9. The second-order valence-corrected chi connectivity index (χ2v) is 8.01. The summed E-state index contributed by atoms with van der Waals surface area (Å²) in [4.78, 5) is 17.1. The maximum Gasteiger partial charge on any atom is 0.254 e. The van der Waals surface area contributed by atoms with E-state index < -0.39 is 0 Å². The number of hydrogen-bond acceptors (Lipinski definition) is 3. The molecule has 0 spiro atoms. The van der Waals surface area contributed by atoms with Crippen LogP contribution >= 0.6 is 23.2 Å². The van der Waals surface area contributed by atoms with Crippen LogP contribution in [-0.2, 0) is 6.61 Å². The average Bonchev–Trinajstić information content (AvgIpc) is 2.78. The number of carbonyl (C=O) groups is 1. The molecule has 0 bridgehead atoms. The first-order valence-corrected chi connectivity index (χ1v) is 10.6. The Morgan fingerprint density at radius 2 is 1.63 bits per heavy atom. The molecule has 1 heterocycles. The Kier molecular flexibility index (Phi) is 6.46. The van der Waals surface area contributed by atoms with Gasteiger partial charge in [-0.15, -0.1) is 0 Å². The third-order valence-corrected chi connectivity index (χ3v) is 5.78. The number of amides is 1. The molecule has 1 amide bonds. The Balaban J connectivity index is 1.37. The van der Waals surface area contributed by atoms with Gasteiger partial charge in [-0.3, -0.25) is 4.79 Å². The Labute approximate surface area is 186 Å². The van der Waals surface area contributed by atoms with Crippen molar-refractivity contribution in [3.63, 3.8) is 0 Å². The van der Waals surface area contributed by atoms with Crippen molar-refractivity contribution in [2.75, 3.05) is 31.1 Å². The number of anilines is 1. The number of piperazine rings is 1. The standard InChI is InChI=1S/C24H22Cl2N2O2/c25-20-7-4-8-21(16-20)27-11-13-28(14-12-27)24(29)18-6-3-9-22(15-18)30-17-19-5-1-2-10-23(19)26/h1-10,15-16H,11-14,17H2. The van der Waals surface area contributed by atoms with Crippen molar-refractivity contribution < 1.29 is 9.53 Å². The summed E-state index contributed by atoms with van der Waals surface area (Å²) in [7, 11) is 0. The fourth-order valence-electron chi connectivity index (χ4n) is 3.52. The van der Waals surface area contributed by atoms with Crippen molar-refractivity contribution in [2.45, 2.75) is 6.61 Å². The normalized spacial score (nSPS) is 13.9. The van der Waals surface area contributed by atoms with E-state index in [9.17, 15) is 4.79 Å². The van der Waals surface area contributed by atoms with Gasteiger partial charge in [0.1, 0.15) is 12.4 Å². The van der Waals surface area contributed by atoms with Crippen LogP contribution in [0.15, 0.2) is 72.8 Å². The van der Waals surface area contributed by atoms with Gasteiger partial charge in [0, 0.05) is 53.0 Å². The van der Waals surface area contributed by atoms with Gasteiger partial charge < -0.3 is 14.5 Å². The molecule has 6 heteroatoms. The molecule has 3 aromatic carbocycles. The summed E-state index contributed by atoms with van der Waals surface area (Å²) in [5, 5.41) is 1.39. The minimum absolute atomic E-state index is 0.0175. The van der Waals surface area contributed by atoms with Crippen molar-refractivity contribution in [3.05, 3.63) is 94.0 Å². The van der Waals surface area contributed by atoms with E-state index in [-0.39, 0.29) is 5.91 Å². The number of carbonyl (C=O) groups excluding carboxylic acids is 1. The molecule has 0 aromatic heterocycles. The highest BCUT2D eigenvalue weighted by Crippen LogP contribution is 2.23. The summed E-state index contributed by atoms with van der Waals surface area (Å²) in [6.07, 6.45) is 0. The molecule has 1 saturated heterocycles. The molecule has 1 fully saturated rings. The van der Waals surface area contributed by atoms with E-state index in [0.717, 1.165) is 29.4 Å². The first-order valence-electron chi connectivity index (χ1n) is 9.86. The molecule has 1 aliphatic heterocycles. The largest absolute Gasteiger partial charge is 0.489 e. The second-order valence-electron chi connectivity index (χ2n) is 7.17. The minimum atomic E-state index is 0.0175. The van der Waals surface area contributed by atoms with Gasteiger partial charge in [-0.25, -0.2) is 0 Å². The summed E-state index contributed by atoms with van der Waals surface area (Å²) in [6, 6.07) is 22.7. The van der Waals surface area contributed by atoms with Crippen LogP contribution < -0.4 is 9.64 Å². The van der Waals surface area contributed by atoms with Crippen LogP contribution in [0.1, 0.15) is 15.9 Å². The fourth-order valence-corrected chi connectivity index (χ4v) is 3.89. The number of hydrogen-bond donors (Lipinski definition) is 0. The Morgan fingerprint density at radius 1 is 0.867 bits per heavy atom. The lowest BCUT2D eigenvalue weighted by Crippen LogP contribution is -2.48. The summed E-state index contributed by atoms with van der Waals surface area (Å²) in [5.41, 5.74) is 2.63. The van der Waals surface area contributed by atoms with Crippen molar-refractivity contribution in [1.82, 2.24) is 4.90 Å². The maximum absolute atomic E-state index is 13.0. The number of ether oxygens (including phenoxy) is 1. The quantitative estimate of drug-likeness (QED) is 0.522. The molecule has 30 heavy (non-hydrogen) atoms. The second kappa shape index (κ2) is 9.41. The minimum Gasteiger partial charge on any atom is -0.489 e. The van der Waals surface area contributed by atoms with Crippen LogP contribution in [0, 0.1) is 0 Å². The molecule has 4 rings (SSSR count). The smallest absolute Gasteiger partial charge is 0.254 e. The van der Waals surface area contributed by atoms with E-state index in [1.54, 1.807) is 6.07 Å². The Bertz CT molecular complexity index is 1030. The van der Waals surface area contributed by atoms with Crippen molar-refractivity contribution >= 4 is 34.8 Å². The third-order valence-electron chi connectivity index (χ3n) is 5.17. The van der Waals surface area contributed by atoms with Gasteiger partial charge in [-0.2, -0.15) is 0 Å². The predicted molar refractivity (Wildman–Crippen MR) is 122 cm³/mol. The van der Waals surface area contributed by atoms with Gasteiger partial charge in [0.2, 0.25) is 0 Å². The lowest BCUT2D eigenvalue weighted by molar-refractivity contribution is 0.0746. The summed E-state index contributed by atoms with van der Waals surface area (Å²) < 4.78 is 5.86. The molecule has 3 aromatic rings. The molecule has 1 aliphatic rings. The van der Waals surface area contributed by atoms with E-state index in [1.807, 2.05) is 71.6 Å². The van der Waals surface area contributed by atoms with Gasteiger partial charge in [-0.1, -0.05) is 53.5 Å². The lowest BCUT2D eigenvalue weighted by atomic mass is 10.1. The topological polar surface area (TPSA) is 32.8 Å². The molecule has 0 radical (unpaired) electrons. The molecule has 0 saturated carbocycles. The van der Waals surface area contributed by atoms with E-state index >= 15 is 0 Å². The maximum atomic E-state index is 13.0. The summed E-state index contributed by atoms with van der Waals surface area (Å²) in [6.45, 7) is 3.23. The summed E-state index contributed by atoms with van der Waals surface area (Å²) >= 11 is 12.3. The molecule has 4 nitrogen and oxygen atoms in total. The van der Waals surface area contributed by atoms with Crippen LogP contribution in [-0.4, -0.2) is 37.0 Å². The SMILES string of the molecule is O=C(c1cccc(OCc2ccccc2Cl)c1)N1CCN(c2cccc(Cl)c2)CC1. The first-order chi connectivity index (χ1) is 14.6. The Hall–Kier alpha value is -2.69. The highest BCUT2D eigenvalue weighted by molar-refractivity contribution is 6.31. The monoisotopic (exact) mass is 440 g/mol. The Morgan fingerprint density at radius 3 is 2.40 bits per heavy atom. The van der Waals surface area contributed by atoms with Crippen molar-refractivity contribution in [3.8, 4) is 5.75 Å². The zero-order chi connectivity index (χ0) is 20.9. The van der Waals surface area contributed by atoms with Crippen LogP contribution in [0.3, 0.4) is 0 Å². The van der Waals surface area contributed by atoms with Crippen LogP contribution in [0.4, 0.5) is 5.69 Å². The van der Waals surface area contributed by atoms with Crippen LogP contribution in [0.25, 0.3) is 0 Å². The summed E-state index contributed by atoms with van der Waals surface area (Å²) in [5.74, 6) is 0.669. The van der Waals surface area contributed by atoms with E-state index in [0.29, 0.717) is 36.0 Å². The molecular formula is C24H22Cl2N2O2. The number of nitrogens with zero attached hydrogens (tertiary/aromatic N) is 2. The molecule has 0 atom stereocenters. The lowest BCUT2D eigenvalue weighted by Gasteiger charge is -2.36. The molecule has 0 N–H and O–H groups in total. The number of benzene rings is 3. The molecular weight excluding hydrogens is 419 g/mol. The van der Waals surface area contributed by atoms with Crippen molar-refractivity contribution in [2.24, 2.45) is 0 Å². The van der Waals surface area contributed by atoms with Crippen LogP contribution in [0.5, 0.6) is 5.75 Å². The van der Waals surface area contributed by atoms with Gasteiger partial charge in [-0.05, 0) is 42.5 Å². The molecule has 0 aliphatic carbocycles. The van der Waals surface area contributed by atoms with E-state index in [1.165, 1.54) is 0 Å². The number of halogens is 2. The fraction of sp³-hybridized carbons (Fsp3) is 0.208. The van der Waals surface area contributed by atoms with Gasteiger partial charge >= 0.3 is 0 Å². The van der Waals surface area contributed by atoms with E-state index in [2.05, 4.69) is 4.90 Å². The molecule has 154 valence electrons. The van der Waals surface area contributed by atoms with Gasteiger partial charge in [0.15, 0.2) is 0 Å². The van der Waals surface area contributed by atoms with Gasteiger partial charge in [0.25, 0.3) is 5.91 Å². The van der Waals surface area contributed by atoms with Crippen molar-refractivity contribution in [1.29, 1.82) is 0 Å². The van der Waals surface area contributed by atoms with Gasteiger partial charge in [0.05, 0.1) is 0 Å². The van der Waals surface area contributed by atoms with Crippen LogP contribution in [0.2, 0.25) is 10.0 Å². The number of rotatable bonds is 5. The van der Waals surface area contributed by atoms with E-state index in [4.69, 9.17) is 27.9 Å².